The Morgan fingerprint density at radius 2 is 2.15 bits per heavy atom. The fourth-order valence-electron chi connectivity index (χ4n) is 3.62. The summed E-state index contributed by atoms with van der Waals surface area (Å²) in [6.07, 6.45) is 9.00. The number of furan rings is 1. The standard InChI is InChI=1S/C19H30N4O2.HI/c1-14-5-2-3-7-17(14)23-19(20-11-10-16-6-4-12-25-16)22-15-8-9-18(24)21-13-15;/h4,6,12,14-15,17H,2-3,5,7-11,13H2,1H3,(H,21,24)(H2,20,22,23);1H. The first-order valence-corrected chi connectivity index (χ1v) is 9.57. The predicted molar refractivity (Wildman–Crippen MR) is 114 cm³/mol. The summed E-state index contributed by atoms with van der Waals surface area (Å²) in [7, 11) is 0. The molecule has 0 radical (unpaired) electrons. The molecule has 1 aromatic rings. The molecule has 2 heterocycles. The zero-order chi connectivity index (χ0) is 17.5. The van der Waals surface area contributed by atoms with Crippen LogP contribution in [0.25, 0.3) is 0 Å². The van der Waals surface area contributed by atoms with Crippen molar-refractivity contribution in [2.45, 2.75) is 64.0 Å². The first-order chi connectivity index (χ1) is 12.2. The van der Waals surface area contributed by atoms with Crippen molar-refractivity contribution in [3.05, 3.63) is 24.2 Å². The number of piperidine rings is 1. The van der Waals surface area contributed by atoms with Crippen LogP contribution in [0.2, 0.25) is 0 Å². The average molecular weight is 474 g/mol. The van der Waals surface area contributed by atoms with Crippen LogP contribution in [0.3, 0.4) is 0 Å². The number of guanidine groups is 1. The van der Waals surface area contributed by atoms with Crippen LogP contribution in [-0.2, 0) is 11.2 Å². The van der Waals surface area contributed by atoms with Gasteiger partial charge in [-0.05, 0) is 37.3 Å². The lowest BCUT2D eigenvalue weighted by molar-refractivity contribution is -0.122. The van der Waals surface area contributed by atoms with Gasteiger partial charge in [-0.25, -0.2) is 0 Å². The van der Waals surface area contributed by atoms with Gasteiger partial charge >= 0.3 is 0 Å². The van der Waals surface area contributed by atoms with Gasteiger partial charge in [0, 0.05) is 38.0 Å². The molecule has 1 saturated heterocycles. The molecule has 2 aliphatic rings. The van der Waals surface area contributed by atoms with Crippen molar-refractivity contribution in [2.75, 3.05) is 13.1 Å². The lowest BCUT2D eigenvalue weighted by Crippen LogP contribution is -2.54. The number of nitrogens with one attached hydrogen (secondary N) is 3. The minimum absolute atomic E-state index is 0. The highest BCUT2D eigenvalue weighted by molar-refractivity contribution is 14.0. The number of rotatable bonds is 5. The SMILES string of the molecule is CC1CCCCC1NC(=NCCc1ccco1)NC1CCC(=O)NC1.I. The number of aliphatic imine (C=N–C) groups is 1. The predicted octanol–water partition coefficient (Wildman–Crippen LogP) is 2.83. The molecular formula is C19H31IN4O2. The Kier molecular flexibility index (Phi) is 8.74. The minimum atomic E-state index is 0. The van der Waals surface area contributed by atoms with E-state index in [9.17, 15) is 4.79 Å². The third-order valence-corrected chi connectivity index (χ3v) is 5.25. The van der Waals surface area contributed by atoms with E-state index in [1.54, 1.807) is 6.26 Å². The molecule has 3 atom stereocenters. The zero-order valence-electron chi connectivity index (χ0n) is 15.5. The Hall–Kier alpha value is -1.25. The summed E-state index contributed by atoms with van der Waals surface area (Å²) < 4.78 is 5.39. The van der Waals surface area contributed by atoms with Crippen molar-refractivity contribution in [1.29, 1.82) is 0 Å². The van der Waals surface area contributed by atoms with Crippen molar-refractivity contribution in [3.63, 3.8) is 0 Å². The van der Waals surface area contributed by atoms with E-state index >= 15 is 0 Å². The molecule has 1 aromatic heterocycles. The third-order valence-electron chi connectivity index (χ3n) is 5.25. The monoisotopic (exact) mass is 474 g/mol. The van der Waals surface area contributed by atoms with Gasteiger partial charge in [0.05, 0.1) is 6.26 Å². The topological polar surface area (TPSA) is 78.7 Å². The Morgan fingerprint density at radius 3 is 2.85 bits per heavy atom. The molecule has 146 valence electrons. The maximum absolute atomic E-state index is 11.4. The fourth-order valence-corrected chi connectivity index (χ4v) is 3.62. The summed E-state index contributed by atoms with van der Waals surface area (Å²) in [6, 6.07) is 4.61. The van der Waals surface area contributed by atoms with Gasteiger partial charge in [0.15, 0.2) is 5.96 Å². The van der Waals surface area contributed by atoms with Gasteiger partial charge in [-0.1, -0.05) is 19.8 Å². The van der Waals surface area contributed by atoms with Crippen LogP contribution in [0.15, 0.2) is 27.8 Å². The molecule has 7 heteroatoms. The number of amides is 1. The number of carbonyl (C=O) groups is 1. The molecule has 1 aliphatic heterocycles. The summed E-state index contributed by atoms with van der Waals surface area (Å²) in [6.45, 7) is 3.67. The Balaban J connectivity index is 0.00000243. The van der Waals surface area contributed by atoms with Gasteiger partial charge in [0.1, 0.15) is 5.76 Å². The zero-order valence-corrected chi connectivity index (χ0v) is 17.8. The van der Waals surface area contributed by atoms with E-state index in [1.165, 1.54) is 25.7 Å². The van der Waals surface area contributed by atoms with Crippen molar-refractivity contribution < 1.29 is 9.21 Å². The van der Waals surface area contributed by atoms with E-state index < -0.39 is 0 Å². The van der Waals surface area contributed by atoms with E-state index in [0.717, 1.165) is 24.6 Å². The summed E-state index contributed by atoms with van der Waals surface area (Å²) >= 11 is 0. The second-order valence-electron chi connectivity index (χ2n) is 7.26. The average Bonchev–Trinajstić information content (AvgIpc) is 3.12. The smallest absolute Gasteiger partial charge is 0.220 e. The molecule has 6 nitrogen and oxygen atoms in total. The summed E-state index contributed by atoms with van der Waals surface area (Å²) in [4.78, 5) is 16.1. The fraction of sp³-hybridized carbons (Fsp3) is 0.684. The van der Waals surface area contributed by atoms with Gasteiger partial charge < -0.3 is 20.4 Å². The van der Waals surface area contributed by atoms with Crippen LogP contribution in [-0.4, -0.2) is 37.0 Å². The molecular weight excluding hydrogens is 443 g/mol. The minimum Gasteiger partial charge on any atom is -0.469 e. The summed E-state index contributed by atoms with van der Waals surface area (Å²) in [5, 5.41) is 10.1. The molecule has 2 fully saturated rings. The molecule has 1 aliphatic carbocycles. The maximum atomic E-state index is 11.4. The lowest BCUT2D eigenvalue weighted by Gasteiger charge is -2.33. The van der Waals surface area contributed by atoms with Crippen LogP contribution < -0.4 is 16.0 Å². The Labute approximate surface area is 173 Å². The molecule has 1 saturated carbocycles. The normalized spacial score (nSPS) is 26.6. The summed E-state index contributed by atoms with van der Waals surface area (Å²) in [5.74, 6) is 2.63. The second-order valence-corrected chi connectivity index (χ2v) is 7.26. The first-order valence-electron chi connectivity index (χ1n) is 9.57. The van der Waals surface area contributed by atoms with Crippen LogP contribution in [0.1, 0.15) is 51.2 Å². The van der Waals surface area contributed by atoms with Crippen molar-refractivity contribution in [2.24, 2.45) is 10.9 Å². The van der Waals surface area contributed by atoms with Crippen LogP contribution in [0, 0.1) is 5.92 Å². The lowest BCUT2D eigenvalue weighted by atomic mass is 9.86. The van der Waals surface area contributed by atoms with Crippen LogP contribution >= 0.6 is 24.0 Å². The van der Waals surface area contributed by atoms with E-state index in [2.05, 4.69) is 22.9 Å². The molecule has 0 bridgehead atoms. The van der Waals surface area contributed by atoms with E-state index in [4.69, 9.17) is 9.41 Å². The maximum Gasteiger partial charge on any atom is 0.220 e. The largest absolute Gasteiger partial charge is 0.469 e. The number of hydrogen-bond donors (Lipinski definition) is 3. The molecule has 3 N–H and O–H groups in total. The Morgan fingerprint density at radius 1 is 1.31 bits per heavy atom. The van der Waals surface area contributed by atoms with Gasteiger partial charge in [0.25, 0.3) is 0 Å². The molecule has 26 heavy (non-hydrogen) atoms. The summed E-state index contributed by atoms with van der Waals surface area (Å²) in [5.41, 5.74) is 0. The van der Waals surface area contributed by atoms with Crippen molar-refractivity contribution in [1.82, 2.24) is 16.0 Å². The van der Waals surface area contributed by atoms with E-state index in [0.29, 0.717) is 31.5 Å². The number of nitrogens with zero attached hydrogens (tertiary/aromatic N) is 1. The quantitative estimate of drug-likeness (QED) is 0.349. The van der Waals surface area contributed by atoms with Gasteiger partial charge in [-0.3, -0.25) is 9.79 Å². The van der Waals surface area contributed by atoms with Crippen molar-refractivity contribution in [3.8, 4) is 0 Å². The van der Waals surface area contributed by atoms with Crippen LogP contribution in [0.5, 0.6) is 0 Å². The number of hydrogen-bond acceptors (Lipinski definition) is 3. The molecule has 3 unspecified atom stereocenters. The van der Waals surface area contributed by atoms with E-state index in [1.807, 2.05) is 12.1 Å². The molecule has 0 spiro atoms. The number of carbonyl (C=O) groups excluding carboxylic acids is 1. The highest BCUT2D eigenvalue weighted by atomic mass is 127. The highest BCUT2D eigenvalue weighted by Gasteiger charge is 2.24. The second kappa shape index (κ2) is 10.8. The molecule has 3 rings (SSSR count). The van der Waals surface area contributed by atoms with Gasteiger partial charge in [0.2, 0.25) is 5.91 Å². The molecule has 1 amide bonds. The first kappa shape index (κ1) is 21.1. The highest BCUT2D eigenvalue weighted by Crippen LogP contribution is 2.23. The van der Waals surface area contributed by atoms with E-state index in [-0.39, 0.29) is 35.9 Å². The third kappa shape index (κ3) is 6.48. The van der Waals surface area contributed by atoms with Gasteiger partial charge in [-0.2, -0.15) is 0 Å². The van der Waals surface area contributed by atoms with Crippen molar-refractivity contribution >= 4 is 35.8 Å². The van der Waals surface area contributed by atoms with Crippen LogP contribution in [0.4, 0.5) is 0 Å². The molecule has 0 aromatic carbocycles. The number of halogens is 1. The Bertz CT molecular complexity index is 566. The van der Waals surface area contributed by atoms with Gasteiger partial charge in [-0.15, -0.1) is 24.0 Å².